The van der Waals surface area contributed by atoms with Gasteiger partial charge in [0.1, 0.15) is 5.75 Å². The molecule has 0 saturated heterocycles. The third-order valence-corrected chi connectivity index (χ3v) is 2.40. The van der Waals surface area contributed by atoms with Crippen molar-refractivity contribution in [3.63, 3.8) is 0 Å². The van der Waals surface area contributed by atoms with Crippen LogP contribution in [-0.2, 0) is 0 Å². The molecule has 2 rings (SSSR count). The molecular formula is C11H10ClN3O2. The molecule has 1 amide bonds. The van der Waals surface area contributed by atoms with Crippen LogP contribution in [0, 0.1) is 0 Å². The lowest BCUT2D eigenvalue weighted by molar-refractivity contribution is 0.102. The predicted molar refractivity (Wildman–Crippen MR) is 64.5 cm³/mol. The summed E-state index contributed by atoms with van der Waals surface area (Å²) in [5.74, 6) is 0.168. The van der Waals surface area contributed by atoms with Gasteiger partial charge in [0.05, 0.1) is 24.6 Å². The van der Waals surface area contributed by atoms with Gasteiger partial charge in [-0.25, -0.2) is 0 Å². The normalized spacial score (nSPS) is 10.0. The van der Waals surface area contributed by atoms with Crippen LogP contribution in [0.15, 0.2) is 30.6 Å². The molecule has 0 aliphatic carbocycles. The molecule has 1 aromatic heterocycles. The van der Waals surface area contributed by atoms with E-state index in [0.29, 0.717) is 22.0 Å². The predicted octanol–water partition coefficient (Wildman–Crippen LogP) is 2.32. The van der Waals surface area contributed by atoms with Gasteiger partial charge in [-0.1, -0.05) is 11.6 Å². The van der Waals surface area contributed by atoms with Crippen molar-refractivity contribution < 1.29 is 9.53 Å². The molecule has 0 unspecified atom stereocenters. The molecule has 2 N–H and O–H groups in total. The lowest BCUT2D eigenvalue weighted by atomic mass is 10.2. The van der Waals surface area contributed by atoms with E-state index in [1.807, 2.05) is 0 Å². The fraction of sp³-hybridized carbons (Fsp3) is 0.0909. The number of nitrogens with one attached hydrogen (secondary N) is 2. The Morgan fingerprint density at radius 3 is 3.00 bits per heavy atom. The molecule has 17 heavy (non-hydrogen) atoms. The maximum absolute atomic E-state index is 12.0. The minimum absolute atomic E-state index is 0.300. The molecule has 0 aliphatic rings. The number of hydrogen-bond acceptors (Lipinski definition) is 3. The topological polar surface area (TPSA) is 67.0 Å². The summed E-state index contributed by atoms with van der Waals surface area (Å²) in [4.78, 5) is 12.0. The Hall–Kier alpha value is -2.01. The number of halogens is 1. The zero-order chi connectivity index (χ0) is 12.3. The molecule has 0 aliphatic heterocycles. The molecular weight excluding hydrogens is 242 g/mol. The average Bonchev–Trinajstić information content (AvgIpc) is 2.81. The second kappa shape index (κ2) is 4.88. The molecule has 1 aromatic carbocycles. The first kappa shape index (κ1) is 11.5. The Morgan fingerprint density at radius 2 is 2.35 bits per heavy atom. The number of aromatic amines is 1. The fourth-order valence-electron chi connectivity index (χ4n) is 1.38. The van der Waals surface area contributed by atoms with Crippen LogP contribution in [0.4, 0.5) is 5.69 Å². The van der Waals surface area contributed by atoms with E-state index in [1.54, 1.807) is 24.4 Å². The van der Waals surface area contributed by atoms with Crippen molar-refractivity contribution >= 4 is 23.2 Å². The molecule has 88 valence electrons. The Morgan fingerprint density at radius 1 is 1.53 bits per heavy atom. The highest BCUT2D eigenvalue weighted by molar-refractivity contribution is 6.31. The zero-order valence-electron chi connectivity index (χ0n) is 9.03. The van der Waals surface area contributed by atoms with E-state index in [-0.39, 0.29) is 5.91 Å². The van der Waals surface area contributed by atoms with Crippen LogP contribution in [0.25, 0.3) is 0 Å². The van der Waals surface area contributed by atoms with Gasteiger partial charge in [0, 0.05) is 11.2 Å². The van der Waals surface area contributed by atoms with Gasteiger partial charge in [0.2, 0.25) is 0 Å². The number of hydrogen-bond donors (Lipinski definition) is 2. The van der Waals surface area contributed by atoms with E-state index in [0.717, 1.165) is 0 Å². The number of aromatic nitrogens is 2. The fourth-order valence-corrected chi connectivity index (χ4v) is 1.55. The quantitative estimate of drug-likeness (QED) is 0.880. The Bertz CT molecular complexity index is 526. The first-order chi connectivity index (χ1) is 8.20. The number of carbonyl (C=O) groups is 1. The molecule has 0 radical (unpaired) electrons. The van der Waals surface area contributed by atoms with Crippen molar-refractivity contribution in [2.75, 3.05) is 12.4 Å². The molecule has 6 heteroatoms. The number of ether oxygens (including phenoxy) is 1. The Kier molecular flexibility index (Phi) is 3.30. The second-order valence-corrected chi connectivity index (χ2v) is 3.72. The summed E-state index contributed by atoms with van der Waals surface area (Å²) in [5, 5.41) is 9.48. The van der Waals surface area contributed by atoms with Gasteiger partial charge in [-0.2, -0.15) is 5.10 Å². The second-order valence-electron chi connectivity index (χ2n) is 3.29. The van der Waals surface area contributed by atoms with Crippen molar-refractivity contribution in [3.05, 3.63) is 41.2 Å². The Balaban J connectivity index is 2.26. The highest BCUT2D eigenvalue weighted by atomic mass is 35.5. The number of amides is 1. The first-order valence-electron chi connectivity index (χ1n) is 4.84. The van der Waals surface area contributed by atoms with Crippen LogP contribution >= 0.6 is 11.6 Å². The molecule has 0 bridgehead atoms. The monoisotopic (exact) mass is 251 g/mol. The van der Waals surface area contributed by atoms with Gasteiger partial charge >= 0.3 is 0 Å². The SMILES string of the molecule is COc1ccc(Cl)cc1C(=O)Nc1cn[nH]c1. The summed E-state index contributed by atoms with van der Waals surface area (Å²) in [5.41, 5.74) is 0.957. The Labute approximate surface area is 103 Å². The number of anilines is 1. The maximum Gasteiger partial charge on any atom is 0.259 e. The van der Waals surface area contributed by atoms with E-state index in [2.05, 4.69) is 15.5 Å². The molecule has 5 nitrogen and oxygen atoms in total. The van der Waals surface area contributed by atoms with Crippen LogP contribution in [-0.4, -0.2) is 23.2 Å². The van der Waals surface area contributed by atoms with Crippen LogP contribution in [0.1, 0.15) is 10.4 Å². The number of nitrogens with zero attached hydrogens (tertiary/aromatic N) is 1. The van der Waals surface area contributed by atoms with Crippen molar-refractivity contribution in [1.29, 1.82) is 0 Å². The van der Waals surface area contributed by atoms with E-state index >= 15 is 0 Å². The molecule has 0 fully saturated rings. The van der Waals surface area contributed by atoms with Gasteiger partial charge in [-0.05, 0) is 18.2 Å². The number of rotatable bonds is 3. The van der Waals surface area contributed by atoms with Gasteiger partial charge in [0.25, 0.3) is 5.91 Å². The van der Waals surface area contributed by atoms with Crippen LogP contribution in [0.2, 0.25) is 5.02 Å². The van der Waals surface area contributed by atoms with E-state index in [9.17, 15) is 4.79 Å². The molecule has 0 saturated carbocycles. The van der Waals surface area contributed by atoms with Gasteiger partial charge in [-0.15, -0.1) is 0 Å². The summed E-state index contributed by atoms with van der Waals surface area (Å²) < 4.78 is 5.10. The first-order valence-corrected chi connectivity index (χ1v) is 5.22. The van der Waals surface area contributed by atoms with Crippen molar-refractivity contribution in [2.24, 2.45) is 0 Å². The standard InChI is InChI=1S/C11H10ClN3O2/c1-17-10-3-2-7(12)4-9(10)11(16)15-8-5-13-14-6-8/h2-6H,1H3,(H,13,14)(H,15,16). The molecule has 2 aromatic rings. The largest absolute Gasteiger partial charge is 0.496 e. The van der Waals surface area contributed by atoms with Crippen molar-refractivity contribution in [2.45, 2.75) is 0 Å². The lowest BCUT2D eigenvalue weighted by Gasteiger charge is -2.08. The minimum Gasteiger partial charge on any atom is -0.496 e. The van der Waals surface area contributed by atoms with Crippen LogP contribution in [0.3, 0.4) is 0 Å². The number of carbonyl (C=O) groups excluding carboxylic acids is 1. The highest BCUT2D eigenvalue weighted by Gasteiger charge is 2.13. The van der Waals surface area contributed by atoms with E-state index in [4.69, 9.17) is 16.3 Å². The third-order valence-electron chi connectivity index (χ3n) is 2.16. The number of methoxy groups -OCH3 is 1. The van der Waals surface area contributed by atoms with Gasteiger partial charge in [-0.3, -0.25) is 9.89 Å². The molecule has 0 atom stereocenters. The maximum atomic E-state index is 12.0. The number of H-pyrrole nitrogens is 1. The number of benzene rings is 1. The molecule has 0 spiro atoms. The summed E-state index contributed by atoms with van der Waals surface area (Å²) in [6, 6.07) is 4.86. The smallest absolute Gasteiger partial charge is 0.259 e. The molecule has 1 heterocycles. The van der Waals surface area contributed by atoms with Gasteiger partial charge in [0.15, 0.2) is 0 Å². The van der Waals surface area contributed by atoms with Gasteiger partial charge < -0.3 is 10.1 Å². The summed E-state index contributed by atoms with van der Waals surface area (Å²) in [6.07, 6.45) is 3.09. The zero-order valence-corrected chi connectivity index (χ0v) is 9.78. The van der Waals surface area contributed by atoms with Crippen LogP contribution in [0.5, 0.6) is 5.75 Å². The minimum atomic E-state index is -0.300. The van der Waals surface area contributed by atoms with Crippen LogP contribution < -0.4 is 10.1 Å². The lowest BCUT2D eigenvalue weighted by Crippen LogP contribution is -2.12. The summed E-state index contributed by atoms with van der Waals surface area (Å²) in [7, 11) is 1.50. The van der Waals surface area contributed by atoms with Crippen molar-refractivity contribution in [1.82, 2.24) is 10.2 Å². The average molecular weight is 252 g/mol. The highest BCUT2D eigenvalue weighted by Crippen LogP contribution is 2.23. The van der Waals surface area contributed by atoms with E-state index < -0.39 is 0 Å². The summed E-state index contributed by atoms with van der Waals surface area (Å²) >= 11 is 5.85. The van der Waals surface area contributed by atoms with E-state index in [1.165, 1.54) is 13.3 Å². The third kappa shape index (κ3) is 2.57. The van der Waals surface area contributed by atoms with Crippen molar-refractivity contribution in [3.8, 4) is 5.75 Å². The summed E-state index contributed by atoms with van der Waals surface area (Å²) in [6.45, 7) is 0.